The van der Waals surface area contributed by atoms with Gasteiger partial charge < -0.3 is 19.3 Å². The van der Waals surface area contributed by atoms with Gasteiger partial charge in [0, 0.05) is 57.9 Å². The molecular weight excluding hydrogens is 360 g/mol. The van der Waals surface area contributed by atoms with Crippen LogP contribution in [0, 0.1) is 0 Å². The molecule has 0 aliphatic carbocycles. The summed E-state index contributed by atoms with van der Waals surface area (Å²) in [5.41, 5.74) is 2.33. The third-order valence-corrected chi connectivity index (χ3v) is 5.41. The van der Waals surface area contributed by atoms with Crippen LogP contribution in [-0.2, 0) is 22.6 Å². The Morgan fingerprint density at radius 3 is 2.64 bits per heavy atom. The van der Waals surface area contributed by atoms with Gasteiger partial charge in [0.25, 0.3) is 5.91 Å². The van der Waals surface area contributed by atoms with E-state index in [1.807, 2.05) is 29.7 Å². The fourth-order valence-corrected chi connectivity index (χ4v) is 3.72. The van der Waals surface area contributed by atoms with E-state index >= 15 is 0 Å². The average molecular weight is 390 g/mol. The summed E-state index contributed by atoms with van der Waals surface area (Å²) in [6.45, 7) is 8.41. The Bertz CT molecular complexity index is 737. The first-order valence-corrected chi connectivity index (χ1v) is 9.81. The standard InChI is InChI=1S/C20H30N4O4/c1-14(2)24-13-17-16(20(24)26)11-15(19(21-17)28-4)12-22-6-5-18(25)23(8-7-22)9-10-27-3/h11,14H,5-10,12-13H2,1-4H3. The summed E-state index contributed by atoms with van der Waals surface area (Å²) in [5.74, 6) is 0.739. The molecule has 0 radical (unpaired) electrons. The van der Waals surface area contributed by atoms with Crippen molar-refractivity contribution in [2.75, 3.05) is 47.0 Å². The van der Waals surface area contributed by atoms with E-state index in [2.05, 4.69) is 9.88 Å². The van der Waals surface area contributed by atoms with Crippen molar-refractivity contribution in [1.82, 2.24) is 19.7 Å². The molecule has 1 aromatic rings. The maximum atomic E-state index is 12.7. The monoisotopic (exact) mass is 390 g/mol. The summed E-state index contributed by atoms with van der Waals surface area (Å²) in [6, 6.07) is 2.05. The Morgan fingerprint density at radius 1 is 1.18 bits per heavy atom. The number of carbonyl (C=O) groups excluding carboxylic acids is 2. The van der Waals surface area contributed by atoms with Crippen molar-refractivity contribution in [2.24, 2.45) is 0 Å². The third kappa shape index (κ3) is 4.28. The van der Waals surface area contributed by atoms with E-state index < -0.39 is 0 Å². The van der Waals surface area contributed by atoms with Crippen LogP contribution in [0.4, 0.5) is 0 Å². The Labute approximate surface area is 166 Å². The number of nitrogens with zero attached hydrogens (tertiary/aromatic N) is 4. The number of methoxy groups -OCH3 is 2. The van der Waals surface area contributed by atoms with Crippen LogP contribution in [0.25, 0.3) is 0 Å². The first-order chi connectivity index (χ1) is 13.4. The van der Waals surface area contributed by atoms with Crippen LogP contribution in [-0.4, -0.2) is 84.5 Å². The van der Waals surface area contributed by atoms with Crippen LogP contribution in [0.5, 0.6) is 5.88 Å². The predicted octanol–water partition coefficient (Wildman–Crippen LogP) is 1.14. The quantitative estimate of drug-likeness (QED) is 0.695. The van der Waals surface area contributed by atoms with Gasteiger partial charge in [-0.1, -0.05) is 0 Å². The van der Waals surface area contributed by atoms with Gasteiger partial charge in [0.05, 0.1) is 31.5 Å². The smallest absolute Gasteiger partial charge is 0.256 e. The lowest BCUT2D eigenvalue weighted by atomic mass is 10.1. The van der Waals surface area contributed by atoms with E-state index in [9.17, 15) is 9.59 Å². The summed E-state index contributed by atoms with van der Waals surface area (Å²) in [5, 5.41) is 0. The highest BCUT2D eigenvalue weighted by Gasteiger charge is 2.32. The summed E-state index contributed by atoms with van der Waals surface area (Å²) in [7, 11) is 3.25. The number of aromatic nitrogens is 1. The lowest BCUT2D eigenvalue weighted by molar-refractivity contribution is -0.130. The molecule has 0 spiro atoms. The minimum Gasteiger partial charge on any atom is -0.481 e. The normalized spacial score (nSPS) is 18.0. The maximum Gasteiger partial charge on any atom is 0.256 e. The highest BCUT2D eigenvalue weighted by atomic mass is 16.5. The number of carbonyl (C=O) groups is 2. The molecule has 2 aliphatic heterocycles. The van der Waals surface area contributed by atoms with Crippen molar-refractivity contribution < 1.29 is 19.1 Å². The molecule has 3 rings (SSSR count). The number of hydrogen-bond donors (Lipinski definition) is 0. The first kappa shape index (κ1) is 20.5. The molecule has 154 valence electrons. The molecule has 28 heavy (non-hydrogen) atoms. The molecule has 2 amide bonds. The molecule has 1 aromatic heterocycles. The maximum absolute atomic E-state index is 12.7. The van der Waals surface area contributed by atoms with Gasteiger partial charge in [-0.3, -0.25) is 14.5 Å². The zero-order chi connectivity index (χ0) is 20.3. The molecule has 2 aliphatic rings. The van der Waals surface area contributed by atoms with Crippen molar-refractivity contribution in [3.05, 3.63) is 22.9 Å². The Balaban J connectivity index is 1.74. The second kappa shape index (κ2) is 8.87. The number of amides is 2. The second-order valence-electron chi connectivity index (χ2n) is 7.58. The van der Waals surface area contributed by atoms with Crippen LogP contribution < -0.4 is 4.74 Å². The zero-order valence-corrected chi connectivity index (χ0v) is 17.2. The molecule has 0 unspecified atom stereocenters. The molecule has 0 bridgehead atoms. The van der Waals surface area contributed by atoms with Crippen molar-refractivity contribution in [2.45, 2.75) is 39.4 Å². The predicted molar refractivity (Wildman–Crippen MR) is 104 cm³/mol. The minimum absolute atomic E-state index is 0.0261. The summed E-state index contributed by atoms with van der Waals surface area (Å²) in [4.78, 5) is 35.5. The Kier molecular flexibility index (Phi) is 6.51. The van der Waals surface area contributed by atoms with E-state index in [1.54, 1.807) is 14.2 Å². The van der Waals surface area contributed by atoms with Gasteiger partial charge in [-0.2, -0.15) is 0 Å². The molecule has 1 saturated heterocycles. The fourth-order valence-electron chi connectivity index (χ4n) is 3.72. The van der Waals surface area contributed by atoms with Gasteiger partial charge in [0.2, 0.25) is 11.8 Å². The number of ether oxygens (including phenoxy) is 2. The Hall–Kier alpha value is -2.19. The van der Waals surface area contributed by atoms with Gasteiger partial charge in [0.15, 0.2) is 0 Å². The molecular formula is C20H30N4O4. The third-order valence-electron chi connectivity index (χ3n) is 5.41. The van der Waals surface area contributed by atoms with Gasteiger partial charge >= 0.3 is 0 Å². The van der Waals surface area contributed by atoms with Crippen molar-refractivity contribution in [1.29, 1.82) is 0 Å². The van der Waals surface area contributed by atoms with Crippen LogP contribution in [0.1, 0.15) is 41.9 Å². The molecule has 0 atom stereocenters. The van der Waals surface area contributed by atoms with Crippen LogP contribution >= 0.6 is 0 Å². The summed E-state index contributed by atoms with van der Waals surface area (Å²) in [6.07, 6.45) is 0.477. The Morgan fingerprint density at radius 2 is 1.96 bits per heavy atom. The number of rotatable bonds is 7. The topological polar surface area (TPSA) is 75.2 Å². The van der Waals surface area contributed by atoms with Crippen molar-refractivity contribution in [3.63, 3.8) is 0 Å². The highest BCUT2D eigenvalue weighted by Crippen LogP contribution is 2.29. The lowest BCUT2D eigenvalue weighted by Gasteiger charge is -2.22. The average Bonchev–Trinajstić information content (AvgIpc) is 2.89. The second-order valence-corrected chi connectivity index (χ2v) is 7.58. The van der Waals surface area contributed by atoms with E-state index in [1.165, 1.54) is 0 Å². The molecule has 0 N–H and O–H groups in total. The molecule has 8 nitrogen and oxygen atoms in total. The van der Waals surface area contributed by atoms with Gasteiger partial charge in [-0.05, 0) is 19.9 Å². The molecule has 0 saturated carbocycles. The van der Waals surface area contributed by atoms with Crippen molar-refractivity contribution >= 4 is 11.8 Å². The van der Waals surface area contributed by atoms with Gasteiger partial charge in [-0.25, -0.2) is 4.98 Å². The summed E-state index contributed by atoms with van der Waals surface area (Å²) >= 11 is 0. The number of pyridine rings is 1. The van der Waals surface area contributed by atoms with Crippen LogP contribution in [0.2, 0.25) is 0 Å². The van der Waals surface area contributed by atoms with Gasteiger partial charge in [-0.15, -0.1) is 0 Å². The van der Waals surface area contributed by atoms with E-state index in [0.717, 1.165) is 17.8 Å². The number of hydrogen-bond acceptors (Lipinski definition) is 6. The molecule has 3 heterocycles. The van der Waals surface area contributed by atoms with Crippen LogP contribution in [0.3, 0.4) is 0 Å². The zero-order valence-electron chi connectivity index (χ0n) is 17.2. The lowest BCUT2D eigenvalue weighted by Crippen LogP contribution is -2.35. The highest BCUT2D eigenvalue weighted by molar-refractivity contribution is 5.98. The van der Waals surface area contributed by atoms with E-state index in [0.29, 0.717) is 57.2 Å². The molecule has 8 heteroatoms. The van der Waals surface area contributed by atoms with E-state index in [4.69, 9.17) is 9.47 Å². The van der Waals surface area contributed by atoms with Crippen molar-refractivity contribution in [3.8, 4) is 5.88 Å². The molecule has 1 fully saturated rings. The largest absolute Gasteiger partial charge is 0.481 e. The SMILES string of the molecule is COCCN1CCN(Cc2cc3c(nc2OC)CN(C(C)C)C3=O)CCC1=O. The summed E-state index contributed by atoms with van der Waals surface area (Å²) < 4.78 is 10.6. The molecule has 0 aromatic carbocycles. The van der Waals surface area contributed by atoms with Gasteiger partial charge in [0.1, 0.15) is 0 Å². The fraction of sp³-hybridized carbons (Fsp3) is 0.650. The van der Waals surface area contributed by atoms with Crippen LogP contribution in [0.15, 0.2) is 6.07 Å². The number of fused-ring (bicyclic) bond motifs is 1. The van der Waals surface area contributed by atoms with E-state index in [-0.39, 0.29) is 17.9 Å². The first-order valence-electron chi connectivity index (χ1n) is 9.81. The minimum atomic E-state index is 0.0261.